The second kappa shape index (κ2) is 10.1. The molecule has 0 bridgehead atoms. The average molecular weight is 516 g/mol. The van der Waals surface area contributed by atoms with Crippen molar-refractivity contribution in [2.75, 3.05) is 16.8 Å². The fourth-order valence-corrected chi connectivity index (χ4v) is 4.96. The Morgan fingerprint density at radius 3 is 2.63 bits per heavy atom. The highest BCUT2D eigenvalue weighted by Gasteiger charge is 2.40. The van der Waals surface area contributed by atoms with Crippen molar-refractivity contribution in [2.24, 2.45) is 0 Å². The lowest BCUT2D eigenvalue weighted by molar-refractivity contribution is -0.0618. The van der Waals surface area contributed by atoms with Crippen LogP contribution in [0.25, 0.3) is 10.4 Å². The number of benzene rings is 1. The van der Waals surface area contributed by atoms with Crippen LogP contribution in [0.4, 0.5) is 16.6 Å². The first-order valence-electron chi connectivity index (χ1n) is 11.5. The zero-order valence-electron chi connectivity index (χ0n) is 20.7. The third-order valence-electron chi connectivity index (χ3n) is 5.44. The van der Waals surface area contributed by atoms with Crippen LogP contribution in [0.5, 0.6) is 0 Å². The molecule has 35 heavy (non-hydrogen) atoms. The van der Waals surface area contributed by atoms with E-state index in [4.69, 9.17) is 21.1 Å². The Bertz CT molecular complexity index is 1190. The van der Waals surface area contributed by atoms with Gasteiger partial charge in [-0.2, -0.15) is 4.98 Å². The van der Waals surface area contributed by atoms with Crippen LogP contribution in [0, 0.1) is 6.92 Å². The smallest absolute Gasteiger partial charge is 0.416 e. The molecule has 3 aromatic rings. The van der Waals surface area contributed by atoms with E-state index in [9.17, 15) is 4.79 Å². The Morgan fingerprint density at radius 1 is 1.23 bits per heavy atom. The molecule has 0 saturated carbocycles. The van der Waals surface area contributed by atoms with Crippen LogP contribution in [0.2, 0.25) is 5.02 Å². The summed E-state index contributed by atoms with van der Waals surface area (Å²) in [6.45, 7) is 12.0. The van der Waals surface area contributed by atoms with E-state index in [1.807, 2.05) is 72.0 Å². The van der Waals surface area contributed by atoms with E-state index in [2.05, 4.69) is 20.3 Å². The van der Waals surface area contributed by atoms with Gasteiger partial charge in [0.1, 0.15) is 23.5 Å². The number of carbonyl (C=O) groups is 1. The highest BCUT2D eigenvalue weighted by atomic mass is 35.5. The quantitative estimate of drug-likeness (QED) is 0.397. The number of nitrogens with one attached hydrogen (secondary N) is 1. The predicted molar refractivity (Wildman–Crippen MR) is 139 cm³/mol. The summed E-state index contributed by atoms with van der Waals surface area (Å²) in [5.74, 6) is 0.892. The summed E-state index contributed by atoms with van der Waals surface area (Å²) in [6.07, 6.45) is 1.17. The lowest BCUT2D eigenvalue weighted by atomic mass is 10.1. The van der Waals surface area contributed by atoms with Crippen molar-refractivity contribution in [3.63, 3.8) is 0 Å². The summed E-state index contributed by atoms with van der Waals surface area (Å²) >= 11 is 7.60. The Labute approximate surface area is 214 Å². The van der Waals surface area contributed by atoms with Gasteiger partial charge in [0.25, 0.3) is 0 Å². The third kappa shape index (κ3) is 6.09. The molecular formula is C25H30ClN5O3S. The molecule has 1 amide bonds. The third-order valence-corrected chi connectivity index (χ3v) is 6.92. The predicted octanol–water partition coefficient (Wildman–Crippen LogP) is 6.26. The number of amides is 1. The number of anilines is 2. The van der Waals surface area contributed by atoms with Gasteiger partial charge in [-0.15, -0.1) is 11.3 Å². The van der Waals surface area contributed by atoms with Gasteiger partial charge in [0.15, 0.2) is 0 Å². The van der Waals surface area contributed by atoms with E-state index in [-0.39, 0.29) is 30.4 Å². The molecule has 3 heterocycles. The molecule has 1 aliphatic heterocycles. The summed E-state index contributed by atoms with van der Waals surface area (Å²) in [5.41, 5.74) is 1.44. The number of cyclic esters (lactones) is 1. The number of thiazole rings is 1. The van der Waals surface area contributed by atoms with Gasteiger partial charge < -0.3 is 14.8 Å². The fraction of sp³-hybridized carbons (Fsp3) is 0.440. The number of nitrogens with zero attached hydrogens (tertiary/aromatic N) is 4. The van der Waals surface area contributed by atoms with Gasteiger partial charge in [-0.1, -0.05) is 23.7 Å². The second-order valence-electron chi connectivity index (χ2n) is 9.58. The molecule has 0 spiro atoms. The number of hydrogen-bond acceptors (Lipinski definition) is 8. The van der Waals surface area contributed by atoms with Crippen molar-refractivity contribution < 1.29 is 14.3 Å². The minimum atomic E-state index is -0.441. The molecule has 3 atom stereocenters. The maximum Gasteiger partial charge on any atom is 0.416 e. The average Bonchev–Trinajstić information content (AvgIpc) is 3.40. The van der Waals surface area contributed by atoms with Crippen molar-refractivity contribution in [1.82, 2.24) is 15.0 Å². The lowest BCUT2D eigenvalue weighted by Gasteiger charge is -2.31. The minimum absolute atomic E-state index is 0.139. The molecule has 10 heteroatoms. The fourth-order valence-electron chi connectivity index (χ4n) is 3.91. The molecule has 0 radical (unpaired) electrons. The topological polar surface area (TPSA) is 89.5 Å². The molecule has 1 saturated heterocycles. The highest BCUT2D eigenvalue weighted by molar-refractivity contribution is 7.15. The van der Waals surface area contributed by atoms with E-state index in [0.29, 0.717) is 16.8 Å². The number of aryl methyl sites for hydroxylation is 1. The van der Waals surface area contributed by atoms with Crippen LogP contribution >= 0.6 is 22.9 Å². The maximum atomic E-state index is 12.6. The van der Waals surface area contributed by atoms with Crippen LogP contribution in [0.1, 0.15) is 51.4 Å². The van der Waals surface area contributed by atoms with Gasteiger partial charge in [0.2, 0.25) is 5.95 Å². The van der Waals surface area contributed by atoms with Crippen molar-refractivity contribution in [3.05, 3.63) is 52.3 Å². The van der Waals surface area contributed by atoms with Crippen LogP contribution in [-0.2, 0) is 9.47 Å². The van der Waals surface area contributed by atoms with Crippen molar-refractivity contribution in [1.29, 1.82) is 0 Å². The number of ether oxygens (including phenoxy) is 2. The SMILES string of the molecule is Cc1cc(N2C(=O)OC[C@@H]2[C@@H](C)OC(C)(C)C)nc(N[C@@H](C)c2ncc(-c3ccc(Cl)cc3)s2)n1. The van der Waals surface area contributed by atoms with Crippen molar-refractivity contribution >= 4 is 40.8 Å². The lowest BCUT2D eigenvalue weighted by Crippen LogP contribution is -2.45. The minimum Gasteiger partial charge on any atom is -0.447 e. The normalized spacial score (nSPS) is 17.9. The van der Waals surface area contributed by atoms with Crippen LogP contribution in [0.15, 0.2) is 36.5 Å². The van der Waals surface area contributed by atoms with E-state index in [1.54, 1.807) is 22.3 Å². The monoisotopic (exact) mass is 515 g/mol. The van der Waals surface area contributed by atoms with Gasteiger partial charge >= 0.3 is 6.09 Å². The molecular weight excluding hydrogens is 486 g/mol. The summed E-state index contributed by atoms with van der Waals surface area (Å²) < 4.78 is 11.5. The number of hydrogen-bond donors (Lipinski definition) is 1. The Kier molecular flexibility index (Phi) is 7.30. The number of halogens is 1. The number of carbonyl (C=O) groups excluding carboxylic acids is 1. The van der Waals surface area contributed by atoms with E-state index in [0.717, 1.165) is 21.1 Å². The van der Waals surface area contributed by atoms with Crippen LogP contribution in [0.3, 0.4) is 0 Å². The molecule has 1 fully saturated rings. The first-order chi connectivity index (χ1) is 16.5. The molecule has 1 aromatic carbocycles. The Hall–Kier alpha value is -2.75. The molecule has 0 aliphatic carbocycles. The first-order valence-corrected chi connectivity index (χ1v) is 12.7. The van der Waals surface area contributed by atoms with E-state index >= 15 is 0 Å². The Balaban J connectivity index is 1.53. The first kappa shape index (κ1) is 25.3. The molecule has 1 aliphatic rings. The zero-order chi connectivity index (χ0) is 25.3. The van der Waals surface area contributed by atoms with Crippen LogP contribution in [-0.4, -0.2) is 45.4 Å². The van der Waals surface area contributed by atoms with Gasteiger partial charge in [-0.05, 0) is 59.2 Å². The van der Waals surface area contributed by atoms with Gasteiger partial charge in [-0.25, -0.2) is 14.8 Å². The number of aromatic nitrogens is 3. The summed E-state index contributed by atoms with van der Waals surface area (Å²) in [7, 11) is 0. The zero-order valence-corrected chi connectivity index (χ0v) is 22.3. The summed E-state index contributed by atoms with van der Waals surface area (Å²) in [4.78, 5) is 29.0. The molecule has 8 nitrogen and oxygen atoms in total. The Morgan fingerprint density at radius 2 is 1.94 bits per heavy atom. The van der Waals surface area contributed by atoms with Gasteiger partial charge in [0, 0.05) is 23.0 Å². The van der Waals surface area contributed by atoms with Crippen LogP contribution < -0.4 is 10.2 Å². The highest BCUT2D eigenvalue weighted by Crippen LogP contribution is 2.32. The largest absolute Gasteiger partial charge is 0.447 e. The molecule has 186 valence electrons. The van der Waals surface area contributed by atoms with Gasteiger partial charge in [0.05, 0.1) is 22.6 Å². The maximum absolute atomic E-state index is 12.6. The molecule has 2 aromatic heterocycles. The van der Waals surface area contributed by atoms with Crippen molar-refractivity contribution in [2.45, 2.75) is 65.3 Å². The standard InChI is InChI=1S/C25H30ClN5O3S/c1-14-11-21(31-19(13-33-24(31)32)16(3)34-25(4,5)6)30-23(28-14)29-15(2)22-27-12-20(35-22)17-7-9-18(26)10-8-17/h7-12,15-16,19H,13H2,1-6H3,(H,28,29,30)/t15-,16+,19+/m0/s1. The molecule has 1 N–H and O–H groups in total. The van der Waals surface area contributed by atoms with E-state index < -0.39 is 6.09 Å². The van der Waals surface area contributed by atoms with Crippen molar-refractivity contribution in [3.8, 4) is 10.4 Å². The van der Waals surface area contributed by atoms with Gasteiger partial charge in [-0.3, -0.25) is 4.90 Å². The number of rotatable bonds is 7. The summed E-state index contributed by atoms with van der Waals surface area (Å²) in [5, 5.41) is 4.92. The molecule has 0 unspecified atom stereocenters. The summed E-state index contributed by atoms with van der Waals surface area (Å²) in [6, 6.07) is 9.03. The second-order valence-corrected chi connectivity index (χ2v) is 11.1. The molecule has 4 rings (SSSR count). The van der Waals surface area contributed by atoms with E-state index in [1.165, 1.54) is 0 Å².